The smallest absolute Gasteiger partial charge is 0.412 e. The summed E-state index contributed by atoms with van der Waals surface area (Å²) in [6.45, 7) is 2.17. The van der Waals surface area contributed by atoms with Crippen LogP contribution in [0.25, 0.3) is 11.2 Å². The van der Waals surface area contributed by atoms with Gasteiger partial charge in [-0.1, -0.05) is 31.7 Å². The minimum atomic E-state index is -5.56. The predicted octanol–water partition coefficient (Wildman–Crippen LogP) is -1.58. The molecule has 25 nitrogen and oxygen atoms in total. The molecule has 29 heteroatoms. The molecule has 54 heavy (non-hydrogen) atoms. The van der Waals surface area contributed by atoms with Gasteiger partial charge in [0.15, 0.2) is 17.7 Å². The Morgan fingerprint density at radius 1 is 1.09 bits per heavy atom. The summed E-state index contributed by atoms with van der Waals surface area (Å²) in [5.41, 5.74) is 4.26. The molecule has 2 aromatic rings. The normalized spacial score (nSPS) is 21.9. The Balaban J connectivity index is 0.0000101. The average molecular weight is 854 g/mol. The van der Waals surface area contributed by atoms with E-state index in [9.17, 15) is 57.9 Å². The number of nitrogens with one attached hydrogen (secondary N) is 2. The molecule has 3 rings (SSSR count). The van der Waals surface area contributed by atoms with Gasteiger partial charge in [-0.2, -0.15) is 4.31 Å². The molecule has 2 amide bonds. The van der Waals surface area contributed by atoms with E-state index in [-0.39, 0.29) is 47.1 Å². The number of carbonyl (C=O) groups excluding carboxylic acids is 3. The molecule has 1 fully saturated rings. The highest BCUT2D eigenvalue weighted by Crippen LogP contribution is 2.61. The Hall–Kier alpha value is -2.74. The largest absolute Gasteiger partial charge is 0.481 e. The number of carbonyl (C=O) groups is 3. The van der Waals surface area contributed by atoms with E-state index in [2.05, 4.69) is 34.4 Å². The van der Waals surface area contributed by atoms with E-state index in [4.69, 9.17) is 19.5 Å². The van der Waals surface area contributed by atoms with Crippen molar-refractivity contribution < 1.29 is 86.0 Å². The zero-order valence-corrected chi connectivity index (χ0v) is 32.2. The highest BCUT2D eigenvalue weighted by atomic mass is 32.2. The molecule has 2 unspecified atom stereocenters. The number of anilines is 1. The number of thioether (sulfide) groups is 1. The van der Waals surface area contributed by atoms with Crippen molar-refractivity contribution in [2.24, 2.45) is 5.41 Å². The van der Waals surface area contributed by atoms with E-state index in [1.807, 2.05) is 0 Å². The van der Waals surface area contributed by atoms with E-state index in [0.717, 1.165) is 29.0 Å². The van der Waals surface area contributed by atoms with E-state index in [1.54, 1.807) is 13.0 Å². The molecule has 0 aromatic carbocycles. The van der Waals surface area contributed by atoms with Crippen molar-refractivity contribution in [3.63, 3.8) is 0 Å². The number of nitrogens with zero attached hydrogens (tertiary/aromatic N) is 4. The molecular formula is C25H42N7O18P3S. The molecule has 306 valence electrons. The fourth-order valence-electron chi connectivity index (χ4n) is 4.47. The minimum absolute atomic E-state index is 0. The third-order valence-electron chi connectivity index (χ3n) is 7.05. The van der Waals surface area contributed by atoms with Crippen LogP contribution in [0.1, 0.15) is 33.4 Å². The zero-order valence-electron chi connectivity index (χ0n) is 28.7. The van der Waals surface area contributed by atoms with Gasteiger partial charge < -0.3 is 56.4 Å². The van der Waals surface area contributed by atoms with Crippen molar-refractivity contribution in [2.75, 3.05) is 37.8 Å². The Morgan fingerprint density at radius 2 is 1.76 bits per heavy atom. The van der Waals surface area contributed by atoms with Crippen LogP contribution >= 0.6 is 35.2 Å². The summed E-state index contributed by atoms with van der Waals surface area (Å²) < 4.78 is 61.9. The van der Waals surface area contributed by atoms with Crippen LogP contribution in [0.3, 0.4) is 0 Å². The monoisotopic (exact) mass is 853 g/mol. The number of aromatic nitrogens is 4. The lowest BCUT2D eigenvalue weighted by atomic mass is 9.87. The summed E-state index contributed by atoms with van der Waals surface area (Å²) in [4.78, 5) is 86.7. The van der Waals surface area contributed by atoms with E-state index in [0.29, 0.717) is 5.75 Å². The Bertz CT molecular complexity index is 1790. The van der Waals surface area contributed by atoms with Crippen molar-refractivity contribution in [1.82, 2.24) is 30.2 Å². The van der Waals surface area contributed by atoms with Gasteiger partial charge in [-0.05, 0) is 13.0 Å². The fraction of sp³-hybridized carbons (Fsp3) is 0.600. The number of nitrogens with two attached hydrogens (primary N) is 1. The van der Waals surface area contributed by atoms with Crippen LogP contribution in [-0.4, -0.2) is 128 Å². The molecule has 0 spiro atoms. The SMILES string of the molecule is C/C=C/C(=O)SCCNC(=O)CCNC(=O)[C@H](O)C(C)(C)COP(=O)(O)OP(=O)(O)OC[C@H]1O[C@@H](n2cnc3c(N)ncnc32)[C@H](O)[C@@H]1OP(=O)(O)O.O. The first-order chi connectivity index (χ1) is 24.6. The summed E-state index contributed by atoms with van der Waals surface area (Å²) in [7, 11) is -16.4. The number of aliphatic hydroxyl groups excluding tert-OH is 2. The number of rotatable bonds is 20. The maximum absolute atomic E-state index is 12.6. The number of aliphatic hydroxyl groups is 2. The van der Waals surface area contributed by atoms with Crippen LogP contribution in [0.2, 0.25) is 0 Å². The number of imidazole rings is 1. The lowest BCUT2D eigenvalue weighted by Crippen LogP contribution is -2.46. The van der Waals surface area contributed by atoms with Crippen LogP contribution in [0.15, 0.2) is 24.8 Å². The van der Waals surface area contributed by atoms with Crippen LogP contribution in [0.4, 0.5) is 5.82 Å². The van der Waals surface area contributed by atoms with Gasteiger partial charge in [0, 0.05) is 30.7 Å². The van der Waals surface area contributed by atoms with Crippen molar-refractivity contribution in [3.05, 3.63) is 24.8 Å². The highest BCUT2D eigenvalue weighted by molar-refractivity contribution is 8.14. The molecule has 7 atom stereocenters. The standard InChI is InChI=1S/C25H40N7O17P3S.H2O/c1-4-5-16(34)53-9-8-27-15(33)6-7-28-23(37)20(36)25(2,3)11-46-52(43,44)49-51(41,42)45-10-14-19(48-50(38,39)40)18(35)24(47-14)32-13-31-17-21(26)29-12-30-22(17)32;/h4-5,12-14,18-20,24,35-36H,6-11H2,1-3H3,(H,27,33)(H,28,37)(H,41,42)(H,43,44)(H2,26,29,30)(H2,38,39,40);1H2/b5-4+;/t14-,18-,19-,20+,24-;/m1./s1. The van der Waals surface area contributed by atoms with Gasteiger partial charge in [-0.25, -0.2) is 28.6 Å². The molecule has 2 aromatic heterocycles. The van der Waals surface area contributed by atoms with Gasteiger partial charge in [0.2, 0.25) is 16.9 Å². The van der Waals surface area contributed by atoms with Gasteiger partial charge in [-0.15, -0.1) is 0 Å². The first kappa shape index (κ1) is 47.4. The number of fused-ring (bicyclic) bond motifs is 1. The molecule has 1 aliphatic heterocycles. The summed E-state index contributed by atoms with van der Waals surface area (Å²) >= 11 is 1.01. The van der Waals surface area contributed by atoms with Crippen LogP contribution < -0.4 is 16.4 Å². The maximum atomic E-state index is 12.6. The number of phosphoric ester groups is 3. The highest BCUT2D eigenvalue weighted by Gasteiger charge is 2.50. The zero-order chi connectivity index (χ0) is 39.8. The summed E-state index contributed by atoms with van der Waals surface area (Å²) in [5.74, 6) is -1.13. The number of allylic oxidation sites excluding steroid dienone is 1. The Labute approximate surface area is 310 Å². The van der Waals surface area contributed by atoms with Crippen LogP contribution in [-0.2, 0) is 50.7 Å². The van der Waals surface area contributed by atoms with Crippen LogP contribution in [0.5, 0.6) is 0 Å². The van der Waals surface area contributed by atoms with E-state index < -0.39 is 84.6 Å². The first-order valence-corrected chi connectivity index (χ1v) is 20.7. The molecule has 0 bridgehead atoms. The lowest BCUT2D eigenvalue weighted by Gasteiger charge is -2.30. The summed E-state index contributed by atoms with van der Waals surface area (Å²) in [6.07, 6.45) is -3.94. The third kappa shape index (κ3) is 14.1. The average Bonchev–Trinajstić information content (AvgIpc) is 3.61. The quantitative estimate of drug-likeness (QED) is 0.0412. The number of ether oxygens (including phenoxy) is 1. The minimum Gasteiger partial charge on any atom is -0.412 e. The van der Waals surface area contributed by atoms with Crippen molar-refractivity contribution in [3.8, 4) is 0 Å². The molecule has 12 N–H and O–H groups in total. The van der Waals surface area contributed by atoms with Gasteiger partial charge in [0.1, 0.15) is 36.3 Å². The number of hydrogen-bond donors (Lipinski definition) is 9. The first-order valence-electron chi connectivity index (χ1n) is 15.2. The molecule has 0 radical (unpaired) electrons. The van der Waals surface area contributed by atoms with Gasteiger partial charge in [-0.3, -0.25) is 32.5 Å². The topological polar surface area (TPSA) is 395 Å². The molecule has 1 aliphatic rings. The molecule has 3 heterocycles. The number of nitrogen functional groups attached to an aromatic ring is 1. The molecule has 0 saturated carbocycles. The van der Waals surface area contributed by atoms with E-state index in [1.165, 1.54) is 19.9 Å². The Morgan fingerprint density at radius 3 is 2.41 bits per heavy atom. The summed E-state index contributed by atoms with van der Waals surface area (Å²) in [6, 6.07) is 0. The Kier molecular flexibility index (Phi) is 17.5. The molecular weight excluding hydrogens is 811 g/mol. The number of hydrogen-bond acceptors (Lipinski definition) is 18. The second-order valence-corrected chi connectivity index (χ2v) is 17.1. The van der Waals surface area contributed by atoms with Crippen molar-refractivity contribution in [1.29, 1.82) is 0 Å². The predicted molar refractivity (Wildman–Crippen MR) is 186 cm³/mol. The number of amides is 2. The second-order valence-electron chi connectivity index (χ2n) is 11.7. The summed E-state index contributed by atoms with van der Waals surface area (Å²) in [5, 5.41) is 26.1. The third-order valence-corrected chi connectivity index (χ3v) is 11.0. The lowest BCUT2D eigenvalue weighted by molar-refractivity contribution is -0.137. The van der Waals surface area contributed by atoms with Crippen molar-refractivity contribution >= 4 is 69.1 Å². The van der Waals surface area contributed by atoms with Crippen molar-refractivity contribution in [2.45, 2.75) is 57.8 Å². The maximum Gasteiger partial charge on any atom is 0.481 e. The number of phosphoric acid groups is 3. The second kappa shape index (κ2) is 19.9. The van der Waals surface area contributed by atoms with Gasteiger partial charge in [0.05, 0.1) is 19.5 Å². The van der Waals surface area contributed by atoms with Crippen LogP contribution in [0, 0.1) is 5.41 Å². The van der Waals surface area contributed by atoms with Gasteiger partial charge >= 0.3 is 23.5 Å². The fourth-order valence-corrected chi connectivity index (χ4v) is 7.93. The molecule has 1 saturated heterocycles. The molecule has 0 aliphatic carbocycles. The van der Waals surface area contributed by atoms with Gasteiger partial charge in [0.25, 0.3) is 0 Å². The van der Waals surface area contributed by atoms with E-state index >= 15 is 0 Å².